The third-order valence-electron chi connectivity index (χ3n) is 7.33. The van der Waals surface area contributed by atoms with Crippen molar-refractivity contribution >= 4 is 34.7 Å². The molecule has 3 N–H and O–H groups in total. The molecule has 3 heterocycles. The second-order valence-corrected chi connectivity index (χ2v) is 10.4. The summed E-state index contributed by atoms with van der Waals surface area (Å²) in [7, 11) is 3.64. The first-order valence-corrected chi connectivity index (χ1v) is 14.2. The maximum atomic E-state index is 13.0. The molecule has 3 aromatic rings. The fourth-order valence-electron chi connectivity index (χ4n) is 4.92. The number of likely N-dealkylation sites (tertiary alicyclic amines) is 1. The van der Waals surface area contributed by atoms with Gasteiger partial charge in [-0.05, 0) is 81.4 Å². The molecule has 0 unspecified atom stereocenters. The lowest BCUT2D eigenvalue weighted by Crippen LogP contribution is -2.43. The molecule has 0 radical (unpaired) electrons. The molecule has 1 fully saturated rings. The summed E-state index contributed by atoms with van der Waals surface area (Å²) in [6.45, 7) is 6.50. The summed E-state index contributed by atoms with van der Waals surface area (Å²) in [5, 5.41) is 9.07. The van der Waals surface area contributed by atoms with Crippen molar-refractivity contribution < 1.29 is 23.8 Å². The minimum absolute atomic E-state index is 0.132. The number of carbonyl (C=O) groups is 2. The molecule has 224 valence electrons. The maximum absolute atomic E-state index is 13.0. The van der Waals surface area contributed by atoms with Crippen molar-refractivity contribution in [3.05, 3.63) is 78.5 Å². The van der Waals surface area contributed by atoms with Gasteiger partial charge in [-0.1, -0.05) is 18.7 Å². The van der Waals surface area contributed by atoms with Crippen LogP contribution in [0.3, 0.4) is 0 Å². The van der Waals surface area contributed by atoms with Crippen molar-refractivity contribution in [1.29, 1.82) is 0 Å². The van der Waals surface area contributed by atoms with Crippen molar-refractivity contribution in [3.8, 4) is 17.4 Å². The number of amides is 2. The van der Waals surface area contributed by atoms with Crippen molar-refractivity contribution in [2.45, 2.75) is 25.3 Å². The second kappa shape index (κ2) is 14.0. The van der Waals surface area contributed by atoms with Crippen LogP contribution in [-0.4, -0.2) is 73.2 Å². The molecule has 0 aliphatic carbocycles. The van der Waals surface area contributed by atoms with Gasteiger partial charge in [0, 0.05) is 29.6 Å². The van der Waals surface area contributed by atoms with Crippen LogP contribution in [0.5, 0.6) is 17.4 Å². The zero-order chi connectivity index (χ0) is 30.2. The number of carbonyl (C=O) groups excluding carboxylic acids is 2. The summed E-state index contributed by atoms with van der Waals surface area (Å²) in [5.41, 5.74) is 3.42. The Kier molecular flexibility index (Phi) is 9.65. The number of hydrogen-bond acceptors (Lipinski definition) is 9. The number of rotatable bonds is 10. The summed E-state index contributed by atoms with van der Waals surface area (Å²) >= 11 is 0. The molecule has 43 heavy (non-hydrogen) atoms. The average molecular weight is 585 g/mol. The topological polar surface area (TPSA) is 127 Å². The standard InChI is InChI=1S/C32H36N6O5/c1-4-29(39)34-24-6-5-7-25(19-24)43-31-26(21-12-16-42-17-13-21)20-33-32(37-31)36-27-9-8-22(18-28(27)41-3)30(40)35-23-10-14-38(2)15-11-23/h4-9,12,18-20,23H,1,10-11,13-17H2,2-3H3,(H,34,39)(H,35,40)(H,33,36,37). The van der Waals surface area contributed by atoms with Crippen LogP contribution in [0.15, 0.2) is 67.4 Å². The Bertz CT molecular complexity index is 1520. The summed E-state index contributed by atoms with van der Waals surface area (Å²) < 4.78 is 17.3. The molecular weight excluding hydrogens is 548 g/mol. The molecule has 1 saturated heterocycles. The number of ether oxygens (including phenoxy) is 3. The predicted octanol–water partition coefficient (Wildman–Crippen LogP) is 4.77. The highest BCUT2D eigenvalue weighted by Crippen LogP contribution is 2.34. The van der Waals surface area contributed by atoms with E-state index in [-0.39, 0.29) is 23.8 Å². The Balaban J connectivity index is 1.37. The fourth-order valence-corrected chi connectivity index (χ4v) is 4.92. The smallest absolute Gasteiger partial charge is 0.251 e. The lowest BCUT2D eigenvalue weighted by Gasteiger charge is -2.29. The van der Waals surface area contributed by atoms with E-state index in [9.17, 15) is 9.59 Å². The monoisotopic (exact) mass is 584 g/mol. The van der Waals surface area contributed by atoms with Crippen LogP contribution in [0.25, 0.3) is 5.57 Å². The molecule has 0 saturated carbocycles. The molecular formula is C32H36N6O5. The van der Waals surface area contributed by atoms with E-state index < -0.39 is 0 Å². The first-order chi connectivity index (χ1) is 20.9. The highest BCUT2D eigenvalue weighted by molar-refractivity contribution is 5.99. The molecule has 2 aromatic carbocycles. The molecule has 2 amide bonds. The van der Waals surface area contributed by atoms with E-state index in [1.807, 2.05) is 6.08 Å². The van der Waals surface area contributed by atoms with E-state index in [0.717, 1.165) is 37.1 Å². The van der Waals surface area contributed by atoms with Gasteiger partial charge >= 0.3 is 0 Å². The molecule has 0 spiro atoms. The number of benzene rings is 2. The molecule has 0 atom stereocenters. The highest BCUT2D eigenvalue weighted by atomic mass is 16.5. The average Bonchev–Trinajstić information content (AvgIpc) is 3.03. The van der Waals surface area contributed by atoms with Crippen LogP contribution >= 0.6 is 0 Å². The van der Waals surface area contributed by atoms with Gasteiger partial charge < -0.3 is 35.1 Å². The Morgan fingerprint density at radius 3 is 2.74 bits per heavy atom. The summed E-state index contributed by atoms with van der Waals surface area (Å²) in [6, 6.07) is 12.4. The van der Waals surface area contributed by atoms with Gasteiger partial charge in [-0.15, -0.1) is 0 Å². The normalized spacial score (nSPS) is 15.6. The maximum Gasteiger partial charge on any atom is 0.251 e. The number of anilines is 3. The quantitative estimate of drug-likeness (QED) is 0.289. The lowest BCUT2D eigenvalue weighted by molar-refractivity contribution is -0.111. The third kappa shape index (κ3) is 7.76. The van der Waals surface area contributed by atoms with Crippen molar-refractivity contribution in [1.82, 2.24) is 20.2 Å². The molecule has 11 nitrogen and oxygen atoms in total. The molecule has 5 rings (SSSR count). The van der Waals surface area contributed by atoms with Gasteiger partial charge in [0.15, 0.2) is 0 Å². The minimum Gasteiger partial charge on any atom is -0.495 e. The number of nitrogens with zero attached hydrogens (tertiary/aromatic N) is 3. The van der Waals surface area contributed by atoms with Gasteiger partial charge in [0.1, 0.15) is 11.5 Å². The number of aromatic nitrogens is 2. The van der Waals surface area contributed by atoms with Crippen molar-refractivity contribution in [2.24, 2.45) is 0 Å². The molecule has 2 aliphatic rings. The second-order valence-electron chi connectivity index (χ2n) is 10.4. The molecule has 1 aromatic heterocycles. The SMILES string of the molecule is C=CC(=O)Nc1cccc(Oc2nc(Nc3ccc(C(=O)NC4CCN(C)CC4)cc3OC)ncc2C2=CCOCC2)c1. The van der Waals surface area contributed by atoms with E-state index in [2.05, 4.69) is 39.5 Å². The Morgan fingerprint density at radius 2 is 2.00 bits per heavy atom. The van der Waals surface area contributed by atoms with Crippen LogP contribution in [0, 0.1) is 0 Å². The van der Waals surface area contributed by atoms with E-state index in [4.69, 9.17) is 19.2 Å². The first kappa shape index (κ1) is 29.7. The number of nitrogens with one attached hydrogen (secondary N) is 3. The highest BCUT2D eigenvalue weighted by Gasteiger charge is 2.21. The zero-order valence-corrected chi connectivity index (χ0v) is 24.4. The van der Waals surface area contributed by atoms with Crippen LogP contribution in [-0.2, 0) is 9.53 Å². The summed E-state index contributed by atoms with van der Waals surface area (Å²) in [4.78, 5) is 36.2. The van der Waals surface area contributed by atoms with Gasteiger partial charge in [-0.2, -0.15) is 4.98 Å². The first-order valence-electron chi connectivity index (χ1n) is 14.2. The minimum atomic E-state index is -0.321. The number of hydrogen-bond donors (Lipinski definition) is 3. The lowest BCUT2D eigenvalue weighted by atomic mass is 10.0. The van der Waals surface area contributed by atoms with Gasteiger partial charge in [-0.3, -0.25) is 9.59 Å². The van der Waals surface area contributed by atoms with Gasteiger partial charge in [0.25, 0.3) is 5.91 Å². The Labute approximate surface area is 251 Å². The van der Waals surface area contributed by atoms with E-state index in [1.54, 1.807) is 55.8 Å². The van der Waals surface area contributed by atoms with E-state index >= 15 is 0 Å². The Morgan fingerprint density at radius 1 is 1.16 bits per heavy atom. The van der Waals surface area contributed by atoms with Gasteiger partial charge in [0.2, 0.25) is 17.7 Å². The van der Waals surface area contributed by atoms with Gasteiger partial charge in [0.05, 0.1) is 31.6 Å². The predicted molar refractivity (Wildman–Crippen MR) is 165 cm³/mol. The molecule has 2 aliphatic heterocycles. The summed E-state index contributed by atoms with van der Waals surface area (Å²) in [6.07, 6.45) is 7.44. The molecule has 11 heteroatoms. The molecule has 0 bridgehead atoms. The van der Waals surface area contributed by atoms with E-state index in [1.165, 1.54) is 6.08 Å². The largest absolute Gasteiger partial charge is 0.495 e. The number of methoxy groups -OCH3 is 1. The Hall–Kier alpha value is -4.74. The zero-order valence-electron chi connectivity index (χ0n) is 24.4. The summed E-state index contributed by atoms with van der Waals surface area (Å²) in [5.74, 6) is 1.13. The van der Waals surface area contributed by atoms with Crippen LogP contribution in [0.2, 0.25) is 0 Å². The van der Waals surface area contributed by atoms with Gasteiger partial charge in [-0.25, -0.2) is 4.98 Å². The van der Waals surface area contributed by atoms with Crippen LogP contribution in [0.4, 0.5) is 17.3 Å². The fraction of sp³-hybridized carbons (Fsp3) is 0.312. The van der Waals surface area contributed by atoms with Crippen LogP contribution < -0.4 is 25.4 Å². The van der Waals surface area contributed by atoms with Crippen molar-refractivity contribution in [2.75, 3.05) is 51.1 Å². The third-order valence-corrected chi connectivity index (χ3v) is 7.33. The number of piperidine rings is 1. The van der Waals surface area contributed by atoms with E-state index in [0.29, 0.717) is 54.0 Å². The van der Waals surface area contributed by atoms with Crippen molar-refractivity contribution in [3.63, 3.8) is 0 Å². The van der Waals surface area contributed by atoms with Crippen LogP contribution in [0.1, 0.15) is 35.2 Å².